The van der Waals surface area contributed by atoms with Crippen LogP contribution in [-0.2, 0) is 0 Å². The Morgan fingerprint density at radius 1 is 0.600 bits per heavy atom. The van der Waals surface area contributed by atoms with Crippen molar-refractivity contribution in [2.45, 2.75) is 36.4 Å². The summed E-state index contributed by atoms with van der Waals surface area (Å²) in [6.45, 7) is 0. The van der Waals surface area contributed by atoms with Gasteiger partial charge in [-0.3, -0.25) is 0 Å². The monoisotopic (exact) mass is 407 g/mol. The van der Waals surface area contributed by atoms with E-state index in [4.69, 9.17) is 0 Å². The van der Waals surface area contributed by atoms with Gasteiger partial charge in [-0.15, -0.1) is 0 Å². The fourth-order valence-corrected chi connectivity index (χ4v) is 7.63. The van der Waals surface area contributed by atoms with Gasteiger partial charge in [0.05, 0.1) is 0 Å². The van der Waals surface area contributed by atoms with Crippen LogP contribution in [0.2, 0.25) is 0 Å². The highest BCUT2D eigenvalue weighted by atomic mass is 28.4. The zero-order chi connectivity index (χ0) is 20.6. The van der Waals surface area contributed by atoms with Gasteiger partial charge < -0.3 is 13.7 Å². The molecule has 0 rings (SSSR count). The maximum absolute atomic E-state index is 14.8. The van der Waals surface area contributed by atoms with Gasteiger partial charge in [0.25, 0.3) is 0 Å². The SMILES string of the molecule is CN(C)[Si](N(C)C)(N(C)C)C(F)(F)C(F)(F)C(F)(F)CCC(F)(F)F. The maximum Gasteiger partial charge on any atom is 0.389 e. The van der Waals surface area contributed by atoms with Crippen LogP contribution in [0.15, 0.2) is 0 Å². The lowest BCUT2D eigenvalue weighted by Gasteiger charge is -2.52. The molecule has 0 aliphatic rings. The molecule has 0 amide bonds. The molecular formula is C12H22F9N3Si. The van der Waals surface area contributed by atoms with E-state index >= 15 is 0 Å². The normalized spacial score (nSPS) is 15.6. The third-order valence-corrected chi connectivity index (χ3v) is 8.77. The van der Waals surface area contributed by atoms with E-state index in [9.17, 15) is 39.5 Å². The predicted octanol–water partition coefficient (Wildman–Crippen LogP) is 3.40. The predicted molar refractivity (Wildman–Crippen MR) is 76.9 cm³/mol. The third-order valence-electron chi connectivity index (χ3n) is 3.87. The number of nitrogens with zero attached hydrogens (tertiary/aromatic N) is 3. The quantitative estimate of drug-likeness (QED) is 0.451. The molecule has 0 heterocycles. The molecule has 0 fully saturated rings. The summed E-state index contributed by atoms with van der Waals surface area (Å²) < 4.78 is 124. The minimum Gasteiger partial charge on any atom is -0.301 e. The summed E-state index contributed by atoms with van der Waals surface area (Å²) in [4.78, 5) is 0. The zero-order valence-corrected chi connectivity index (χ0v) is 15.7. The number of halogens is 9. The topological polar surface area (TPSA) is 9.72 Å². The van der Waals surface area contributed by atoms with Crippen LogP contribution < -0.4 is 0 Å². The Morgan fingerprint density at radius 2 is 0.920 bits per heavy atom. The van der Waals surface area contributed by atoms with Gasteiger partial charge in [0.2, 0.25) is 0 Å². The summed E-state index contributed by atoms with van der Waals surface area (Å²) in [6, 6.07) is 0. The first-order chi connectivity index (χ1) is 10.8. The van der Waals surface area contributed by atoms with Crippen molar-refractivity contribution >= 4 is 8.56 Å². The molecule has 3 nitrogen and oxygen atoms in total. The van der Waals surface area contributed by atoms with Crippen LogP contribution in [0.1, 0.15) is 12.8 Å². The Balaban J connectivity index is 6.22. The van der Waals surface area contributed by atoms with Gasteiger partial charge in [0.15, 0.2) is 0 Å². The van der Waals surface area contributed by atoms with Crippen LogP contribution in [0.3, 0.4) is 0 Å². The second-order valence-electron chi connectivity index (χ2n) is 6.29. The summed E-state index contributed by atoms with van der Waals surface area (Å²) in [5.74, 6) is -11.5. The van der Waals surface area contributed by atoms with Crippen molar-refractivity contribution in [1.29, 1.82) is 0 Å². The second-order valence-corrected chi connectivity index (χ2v) is 10.9. The van der Waals surface area contributed by atoms with E-state index in [2.05, 4.69) is 0 Å². The van der Waals surface area contributed by atoms with E-state index in [1.165, 1.54) is 0 Å². The average Bonchev–Trinajstić information content (AvgIpc) is 2.33. The molecule has 0 atom stereocenters. The summed E-state index contributed by atoms with van der Waals surface area (Å²) in [5.41, 5.74) is -5.30. The third kappa shape index (κ3) is 4.08. The van der Waals surface area contributed by atoms with Crippen molar-refractivity contribution in [3.63, 3.8) is 0 Å². The molecule has 0 aromatic heterocycles. The van der Waals surface area contributed by atoms with Gasteiger partial charge in [-0.2, -0.15) is 39.5 Å². The Kier molecular flexibility index (Phi) is 7.08. The molecule has 0 bridgehead atoms. The minimum absolute atomic E-state index is 0.737. The van der Waals surface area contributed by atoms with Crippen molar-refractivity contribution in [3.8, 4) is 0 Å². The van der Waals surface area contributed by atoms with Gasteiger partial charge in [0.1, 0.15) is 0 Å². The maximum atomic E-state index is 14.8. The fraction of sp³-hybridized carbons (Fsp3) is 1.00. The van der Waals surface area contributed by atoms with Crippen molar-refractivity contribution in [1.82, 2.24) is 13.7 Å². The molecule has 0 aromatic rings. The molecule has 152 valence electrons. The van der Waals surface area contributed by atoms with E-state index in [0.29, 0.717) is 0 Å². The van der Waals surface area contributed by atoms with Crippen LogP contribution in [0, 0.1) is 0 Å². The molecule has 0 aliphatic heterocycles. The molecule has 0 unspecified atom stereocenters. The van der Waals surface area contributed by atoms with Crippen LogP contribution in [0.25, 0.3) is 0 Å². The van der Waals surface area contributed by atoms with E-state index in [1.807, 2.05) is 0 Å². The molecule has 0 aromatic carbocycles. The largest absolute Gasteiger partial charge is 0.389 e. The Morgan fingerprint density at radius 3 is 1.16 bits per heavy atom. The number of hydrogen-bond acceptors (Lipinski definition) is 3. The molecule has 0 radical (unpaired) electrons. The van der Waals surface area contributed by atoms with Crippen LogP contribution in [0.4, 0.5) is 39.5 Å². The van der Waals surface area contributed by atoms with E-state index < -0.39 is 45.0 Å². The van der Waals surface area contributed by atoms with E-state index in [0.717, 1.165) is 56.0 Å². The van der Waals surface area contributed by atoms with E-state index in [-0.39, 0.29) is 0 Å². The molecular weight excluding hydrogens is 385 g/mol. The smallest absolute Gasteiger partial charge is 0.301 e. The summed E-state index contributed by atoms with van der Waals surface area (Å²) in [7, 11) is 1.27. The molecule has 0 saturated carbocycles. The van der Waals surface area contributed by atoms with Crippen LogP contribution in [0.5, 0.6) is 0 Å². The summed E-state index contributed by atoms with van der Waals surface area (Å²) in [5, 5.41) is 0. The lowest BCUT2D eigenvalue weighted by atomic mass is 10.1. The highest BCUT2D eigenvalue weighted by Crippen LogP contribution is 2.53. The highest BCUT2D eigenvalue weighted by Gasteiger charge is 2.82. The van der Waals surface area contributed by atoms with Crippen molar-refractivity contribution in [2.24, 2.45) is 0 Å². The Bertz CT molecular complexity index is 428. The summed E-state index contributed by atoms with van der Waals surface area (Å²) >= 11 is 0. The van der Waals surface area contributed by atoms with Gasteiger partial charge in [-0.05, 0) is 42.3 Å². The first-order valence-corrected chi connectivity index (χ1v) is 8.85. The Hall–Kier alpha value is -0.533. The first-order valence-electron chi connectivity index (χ1n) is 7.01. The van der Waals surface area contributed by atoms with Gasteiger partial charge >= 0.3 is 32.1 Å². The van der Waals surface area contributed by atoms with Crippen LogP contribution >= 0.6 is 0 Å². The second kappa shape index (κ2) is 7.23. The molecule has 0 saturated heterocycles. The first kappa shape index (κ1) is 24.5. The molecule has 0 aliphatic carbocycles. The van der Waals surface area contributed by atoms with Gasteiger partial charge in [-0.1, -0.05) is 0 Å². The average molecular weight is 407 g/mol. The van der Waals surface area contributed by atoms with Crippen molar-refractivity contribution < 1.29 is 39.5 Å². The fourth-order valence-electron chi connectivity index (χ4n) is 2.94. The standard InChI is InChI=1S/C12H22F9N3Si/c1-22(2)25(23(3)4,24(5)6)12(20,21)11(18,19)9(13,14)7-8-10(15,16)17/h7-8H2,1-6H3. The van der Waals surface area contributed by atoms with E-state index in [1.54, 1.807) is 0 Å². The van der Waals surface area contributed by atoms with Crippen molar-refractivity contribution in [3.05, 3.63) is 0 Å². The lowest BCUT2D eigenvalue weighted by Crippen LogP contribution is -2.84. The summed E-state index contributed by atoms with van der Waals surface area (Å²) in [6.07, 6.45) is -9.90. The van der Waals surface area contributed by atoms with Gasteiger partial charge in [0, 0.05) is 12.8 Å². The number of hydrogen-bond donors (Lipinski definition) is 0. The number of rotatable bonds is 8. The molecule has 0 spiro atoms. The van der Waals surface area contributed by atoms with Crippen LogP contribution in [-0.4, -0.2) is 88.1 Å². The lowest BCUT2D eigenvalue weighted by molar-refractivity contribution is -0.296. The van der Waals surface area contributed by atoms with Crippen molar-refractivity contribution in [2.75, 3.05) is 42.3 Å². The zero-order valence-electron chi connectivity index (χ0n) is 14.7. The molecule has 25 heavy (non-hydrogen) atoms. The minimum atomic E-state index is -5.99. The Labute approximate surface area is 141 Å². The van der Waals surface area contributed by atoms with Gasteiger partial charge in [-0.25, -0.2) is 0 Å². The molecule has 13 heteroatoms. The number of alkyl halides is 9. The highest BCUT2D eigenvalue weighted by molar-refractivity contribution is 6.74. The molecule has 0 N–H and O–H groups in total.